The molecule has 0 aliphatic carbocycles. The van der Waals surface area contributed by atoms with Gasteiger partial charge in [-0.25, -0.2) is 12.7 Å². The molecular formula is C18H26N4O4S. The van der Waals surface area contributed by atoms with E-state index in [2.05, 4.69) is 16.0 Å². The number of hydrogen-bond acceptors (Lipinski definition) is 6. The van der Waals surface area contributed by atoms with E-state index in [4.69, 9.17) is 4.42 Å². The summed E-state index contributed by atoms with van der Waals surface area (Å²) in [6.45, 7) is 4.42. The van der Waals surface area contributed by atoms with E-state index >= 15 is 0 Å². The Kier molecular flexibility index (Phi) is 6.86. The molecule has 1 aromatic heterocycles. The average molecular weight is 394 g/mol. The quantitative estimate of drug-likeness (QED) is 0.603. The summed E-state index contributed by atoms with van der Waals surface area (Å²) in [6.07, 6.45) is 1.55. The van der Waals surface area contributed by atoms with E-state index < -0.39 is 10.0 Å². The molecule has 0 radical (unpaired) electrons. The number of anilines is 2. The highest BCUT2D eigenvalue weighted by molar-refractivity contribution is 7.89. The van der Waals surface area contributed by atoms with Gasteiger partial charge in [-0.15, -0.1) is 0 Å². The molecule has 148 valence electrons. The standard InChI is InChI=1S/C18H26N4O4S/c1-5-19-15-9-8-14(27(24,25)22(3)4)11-16(15)20-12-18(23)21-13(2)17-7-6-10-26-17/h6-11,13,19-20H,5,12H2,1-4H3,(H,21,23). The van der Waals surface area contributed by atoms with Crippen LogP contribution in [0.4, 0.5) is 11.4 Å². The lowest BCUT2D eigenvalue weighted by Gasteiger charge is -2.17. The first kappa shape index (κ1) is 20.8. The predicted octanol–water partition coefficient (Wildman–Crippen LogP) is 2.25. The Labute approximate surface area is 160 Å². The number of carbonyl (C=O) groups is 1. The molecule has 2 aromatic rings. The topological polar surface area (TPSA) is 104 Å². The summed E-state index contributed by atoms with van der Waals surface area (Å²) in [7, 11) is -0.613. The van der Waals surface area contributed by atoms with Gasteiger partial charge in [0.25, 0.3) is 0 Å². The summed E-state index contributed by atoms with van der Waals surface area (Å²) in [5.41, 5.74) is 1.27. The van der Waals surface area contributed by atoms with Gasteiger partial charge in [0.05, 0.1) is 35.1 Å². The summed E-state index contributed by atoms with van der Waals surface area (Å²) >= 11 is 0. The van der Waals surface area contributed by atoms with Gasteiger partial charge >= 0.3 is 0 Å². The smallest absolute Gasteiger partial charge is 0.242 e. The monoisotopic (exact) mass is 394 g/mol. The second kappa shape index (κ2) is 8.92. The van der Waals surface area contributed by atoms with Crippen molar-refractivity contribution < 1.29 is 17.6 Å². The molecule has 0 fully saturated rings. The molecule has 0 bridgehead atoms. The first-order valence-electron chi connectivity index (χ1n) is 8.62. The van der Waals surface area contributed by atoms with E-state index in [0.717, 1.165) is 9.99 Å². The van der Waals surface area contributed by atoms with E-state index in [-0.39, 0.29) is 23.4 Å². The highest BCUT2D eigenvalue weighted by Gasteiger charge is 2.19. The molecule has 0 aliphatic heterocycles. The minimum absolute atomic E-state index is 0.00505. The largest absolute Gasteiger partial charge is 0.467 e. The summed E-state index contributed by atoms with van der Waals surface area (Å²) in [4.78, 5) is 12.4. The molecule has 1 aromatic carbocycles. The van der Waals surface area contributed by atoms with Crippen LogP contribution in [0.15, 0.2) is 45.9 Å². The summed E-state index contributed by atoms with van der Waals surface area (Å²) < 4.78 is 31.1. The molecule has 1 heterocycles. The molecule has 0 saturated heterocycles. The minimum Gasteiger partial charge on any atom is -0.467 e. The van der Waals surface area contributed by atoms with E-state index in [0.29, 0.717) is 18.0 Å². The Morgan fingerprint density at radius 2 is 1.93 bits per heavy atom. The van der Waals surface area contributed by atoms with Crippen molar-refractivity contribution in [3.63, 3.8) is 0 Å². The molecule has 1 atom stereocenters. The Balaban J connectivity index is 2.12. The van der Waals surface area contributed by atoms with Crippen LogP contribution in [0.25, 0.3) is 0 Å². The fourth-order valence-corrected chi connectivity index (χ4v) is 3.39. The van der Waals surface area contributed by atoms with Crippen LogP contribution in [-0.4, -0.2) is 45.8 Å². The molecule has 0 saturated carbocycles. The molecule has 9 heteroatoms. The SMILES string of the molecule is CCNc1ccc(S(=O)(=O)N(C)C)cc1NCC(=O)NC(C)c1ccco1. The highest BCUT2D eigenvalue weighted by atomic mass is 32.2. The maximum atomic E-state index is 12.4. The van der Waals surface area contributed by atoms with E-state index in [9.17, 15) is 13.2 Å². The van der Waals surface area contributed by atoms with Crippen molar-refractivity contribution in [3.05, 3.63) is 42.4 Å². The predicted molar refractivity (Wildman–Crippen MR) is 105 cm³/mol. The Morgan fingerprint density at radius 1 is 1.19 bits per heavy atom. The first-order chi connectivity index (χ1) is 12.8. The lowest BCUT2D eigenvalue weighted by molar-refractivity contribution is -0.120. The van der Waals surface area contributed by atoms with Gasteiger partial charge in [0.2, 0.25) is 15.9 Å². The van der Waals surface area contributed by atoms with Gasteiger partial charge in [0.1, 0.15) is 5.76 Å². The van der Waals surface area contributed by atoms with Gasteiger partial charge in [-0.3, -0.25) is 4.79 Å². The molecule has 3 N–H and O–H groups in total. The van der Waals surface area contributed by atoms with Crippen LogP contribution in [0.2, 0.25) is 0 Å². The molecule has 1 amide bonds. The molecule has 0 spiro atoms. The number of amides is 1. The Bertz CT molecular complexity index is 863. The van der Waals surface area contributed by atoms with Crippen molar-refractivity contribution in [2.45, 2.75) is 24.8 Å². The number of rotatable bonds is 9. The number of nitrogens with one attached hydrogen (secondary N) is 3. The molecule has 0 aliphatic rings. The van der Waals surface area contributed by atoms with Crippen molar-refractivity contribution >= 4 is 27.3 Å². The molecule has 27 heavy (non-hydrogen) atoms. The number of benzene rings is 1. The summed E-state index contributed by atoms with van der Waals surface area (Å²) in [5, 5.41) is 8.99. The normalized spacial score (nSPS) is 12.6. The van der Waals surface area contributed by atoms with E-state index in [1.54, 1.807) is 24.5 Å². The highest BCUT2D eigenvalue weighted by Crippen LogP contribution is 2.26. The maximum absolute atomic E-state index is 12.4. The number of sulfonamides is 1. The third kappa shape index (κ3) is 5.24. The van der Waals surface area contributed by atoms with Crippen LogP contribution in [0.5, 0.6) is 0 Å². The van der Waals surface area contributed by atoms with Gasteiger partial charge in [0.15, 0.2) is 0 Å². The van der Waals surface area contributed by atoms with Crippen molar-refractivity contribution in [2.24, 2.45) is 0 Å². The lowest BCUT2D eigenvalue weighted by atomic mass is 10.2. The Morgan fingerprint density at radius 3 is 2.52 bits per heavy atom. The molecule has 1 unspecified atom stereocenters. The second-order valence-electron chi connectivity index (χ2n) is 6.18. The Hall–Kier alpha value is -2.52. The maximum Gasteiger partial charge on any atom is 0.242 e. The molecule has 8 nitrogen and oxygen atoms in total. The zero-order chi connectivity index (χ0) is 20.0. The van der Waals surface area contributed by atoms with Crippen molar-refractivity contribution in [2.75, 3.05) is 37.8 Å². The zero-order valence-electron chi connectivity index (χ0n) is 15.9. The van der Waals surface area contributed by atoms with Gasteiger partial charge in [0, 0.05) is 20.6 Å². The number of furan rings is 1. The van der Waals surface area contributed by atoms with Gasteiger partial charge in [-0.2, -0.15) is 0 Å². The fourth-order valence-electron chi connectivity index (χ4n) is 2.46. The van der Waals surface area contributed by atoms with Gasteiger partial charge in [-0.05, 0) is 44.2 Å². The van der Waals surface area contributed by atoms with Crippen molar-refractivity contribution in [3.8, 4) is 0 Å². The average Bonchev–Trinajstić information content (AvgIpc) is 3.15. The third-order valence-corrected chi connectivity index (χ3v) is 5.73. The van der Waals surface area contributed by atoms with Crippen LogP contribution in [0, 0.1) is 0 Å². The van der Waals surface area contributed by atoms with Crippen LogP contribution < -0.4 is 16.0 Å². The van der Waals surface area contributed by atoms with Gasteiger partial charge < -0.3 is 20.4 Å². The van der Waals surface area contributed by atoms with Crippen LogP contribution >= 0.6 is 0 Å². The third-order valence-electron chi connectivity index (χ3n) is 3.92. The van der Waals surface area contributed by atoms with Crippen molar-refractivity contribution in [1.29, 1.82) is 0 Å². The first-order valence-corrected chi connectivity index (χ1v) is 10.1. The molecule has 2 rings (SSSR count). The van der Waals surface area contributed by atoms with Crippen LogP contribution in [0.1, 0.15) is 25.6 Å². The van der Waals surface area contributed by atoms with Gasteiger partial charge in [-0.1, -0.05) is 0 Å². The number of carbonyl (C=O) groups excluding carboxylic acids is 1. The van der Waals surface area contributed by atoms with Crippen LogP contribution in [0.3, 0.4) is 0 Å². The van der Waals surface area contributed by atoms with E-state index in [1.807, 2.05) is 13.8 Å². The van der Waals surface area contributed by atoms with Crippen LogP contribution in [-0.2, 0) is 14.8 Å². The second-order valence-corrected chi connectivity index (χ2v) is 8.34. The summed E-state index contributed by atoms with van der Waals surface area (Å²) in [5.74, 6) is 0.429. The zero-order valence-corrected chi connectivity index (χ0v) is 16.8. The summed E-state index contributed by atoms with van der Waals surface area (Å²) in [6, 6.07) is 8.04. The number of nitrogens with zero attached hydrogens (tertiary/aromatic N) is 1. The molecular weight excluding hydrogens is 368 g/mol. The fraction of sp³-hybridized carbons (Fsp3) is 0.389. The minimum atomic E-state index is -3.57. The number of hydrogen-bond donors (Lipinski definition) is 3. The van der Waals surface area contributed by atoms with Crippen molar-refractivity contribution in [1.82, 2.24) is 9.62 Å². The van der Waals surface area contributed by atoms with E-state index in [1.165, 1.54) is 26.2 Å². The lowest BCUT2D eigenvalue weighted by Crippen LogP contribution is -2.32.